The quantitative estimate of drug-likeness (QED) is 0.598. The number of benzene rings is 1. The van der Waals surface area contributed by atoms with Gasteiger partial charge in [-0.3, -0.25) is 10.3 Å². The molecule has 1 unspecified atom stereocenters. The van der Waals surface area contributed by atoms with Crippen LogP contribution in [0, 0.1) is 18.2 Å². The van der Waals surface area contributed by atoms with E-state index in [0.29, 0.717) is 0 Å². The smallest absolute Gasteiger partial charge is 0.410 e. The Kier molecular flexibility index (Phi) is 6.94. The fraction of sp³-hybridized carbons (Fsp3) is 0.304. The zero-order chi connectivity index (χ0) is 26.0. The molecule has 2 N–H and O–H groups in total. The van der Waals surface area contributed by atoms with Gasteiger partial charge in [-0.15, -0.1) is 6.42 Å². The van der Waals surface area contributed by atoms with E-state index >= 15 is 0 Å². The molecule has 1 aliphatic heterocycles. The molecule has 0 aliphatic carbocycles. The monoisotopic (exact) mass is 504 g/mol. The van der Waals surface area contributed by atoms with Crippen LogP contribution in [-0.2, 0) is 15.4 Å². The van der Waals surface area contributed by atoms with Crippen molar-refractivity contribution in [2.75, 3.05) is 12.4 Å². The molecule has 1 atom stereocenters. The molecule has 35 heavy (non-hydrogen) atoms. The topological polar surface area (TPSA) is 131 Å². The van der Waals surface area contributed by atoms with E-state index < -0.39 is 43.6 Å². The van der Waals surface area contributed by atoms with E-state index in [1.165, 1.54) is 39.1 Å². The lowest BCUT2D eigenvalue weighted by molar-refractivity contribution is 0.199. The Balaban J connectivity index is 2.02. The van der Waals surface area contributed by atoms with Crippen molar-refractivity contribution in [3.05, 3.63) is 53.2 Å². The first-order valence-corrected chi connectivity index (χ1v) is 11.8. The molecule has 0 saturated heterocycles. The molecule has 1 aliphatic rings. The van der Waals surface area contributed by atoms with Gasteiger partial charge in [-0.1, -0.05) is 12.0 Å². The van der Waals surface area contributed by atoms with Crippen LogP contribution in [0.4, 0.5) is 13.6 Å². The summed E-state index contributed by atoms with van der Waals surface area (Å²) in [5, 5.41) is 11.2. The first-order valence-electron chi connectivity index (χ1n) is 10.2. The maximum absolute atomic E-state index is 14.9. The van der Waals surface area contributed by atoms with Crippen molar-refractivity contribution in [2.24, 2.45) is 4.99 Å². The number of halogens is 2. The normalized spacial score (nSPS) is 20.9. The number of nitrogens with one attached hydrogen (secondary N) is 1. The van der Waals surface area contributed by atoms with Gasteiger partial charge in [0.05, 0.1) is 18.1 Å². The molecule has 0 bridgehead atoms. The van der Waals surface area contributed by atoms with Crippen LogP contribution in [0.3, 0.4) is 0 Å². The lowest BCUT2D eigenvalue weighted by Crippen LogP contribution is -2.57. The van der Waals surface area contributed by atoms with E-state index in [9.17, 15) is 22.0 Å². The zero-order valence-electron chi connectivity index (χ0n) is 19.0. The van der Waals surface area contributed by atoms with Gasteiger partial charge in [0, 0.05) is 5.56 Å². The number of ether oxygens (including phenoxy) is 1. The molecular weight excluding hydrogens is 482 g/mol. The number of hydrogen-bond acceptors (Lipinski definition) is 7. The van der Waals surface area contributed by atoms with Crippen molar-refractivity contribution in [2.45, 2.75) is 31.1 Å². The largest absolute Gasteiger partial charge is 0.465 e. The minimum Gasteiger partial charge on any atom is -0.465 e. The Bertz CT molecular complexity index is 1370. The predicted molar refractivity (Wildman–Crippen MR) is 126 cm³/mol. The van der Waals surface area contributed by atoms with Crippen LogP contribution in [0.2, 0.25) is 0 Å². The summed E-state index contributed by atoms with van der Waals surface area (Å²) in [5.41, 5.74) is -1.75. The molecule has 12 heteroatoms. The molecular formula is C23H22F2N4O5S. The number of amides is 1. The van der Waals surface area contributed by atoms with Gasteiger partial charge in [-0.25, -0.2) is 32.0 Å². The van der Waals surface area contributed by atoms with Gasteiger partial charge in [0.1, 0.15) is 27.6 Å². The molecule has 2 aromatic rings. The summed E-state index contributed by atoms with van der Waals surface area (Å²) in [6.45, 7) is 3.96. The number of sulfone groups is 1. The summed E-state index contributed by atoms with van der Waals surface area (Å²) >= 11 is 0. The first kappa shape index (κ1) is 25.8. The molecule has 1 amide bonds. The summed E-state index contributed by atoms with van der Waals surface area (Å²) in [7, 11) is -3.97. The summed E-state index contributed by atoms with van der Waals surface area (Å²) in [6.07, 6.45) is 6.98. The van der Waals surface area contributed by atoms with Gasteiger partial charge < -0.3 is 9.84 Å². The Morgan fingerprint density at radius 2 is 2.03 bits per heavy atom. The van der Waals surface area contributed by atoms with Crippen molar-refractivity contribution in [1.82, 2.24) is 15.3 Å². The van der Waals surface area contributed by atoms with Crippen LogP contribution in [0.5, 0.6) is 5.88 Å². The van der Waals surface area contributed by atoms with E-state index in [-0.39, 0.29) is 35.1 Å². The number of hydrogen-bond donors (Lipinski definition) is 2. The van der Waals surface area contributed by atoms with Crippen molar-refractivity contribution < 1.29 is 31.8 Å². The number of carbonyl (C=O) groups is 1. The molecule has 0 spiro atoms. The maximum Gasteiger partial charge on any atom is 0.410 e. The average molecular weight is 505 g/mol. The van der Waals surface area contributed by atoms with Crippen molar-refractivity contribution in [3.63, 3.8) is 0 Å². The number of aliphatic imine (C=N–C) groups is 1. The Hall–Kier alpha value is -3.85. The van der Waals surface area contributed by atoms with Crippen LogP contribution < -0.4 is 10.1 Å². The van der Waals surface area contributed by atoms with Crippen LogP contribution >= 0.6 is 0 Å². The SMILES string of the molecule is C#CCOc1cnc(/C(F)=C/c2ccc(F)c(C3(C)CS(=O)(=O)C(C)(C)C(NC(=O)O)=N3)c2)cn1. The molecule has 184 valence electrons. The lowest BCUT2D eigenvalue weighted by atomic mass is 9.91. The van der Waals surface area contributed by atoms with Gasteiger partial charge in [-0.05, 0) is 44.5 Å². The fourth-order valence-electron chi connectivity index (χ4n) is 3.42. The second-order valence-electron chi connectivity index (χ2n) is 8.40. The maximum atomic E-state index is 14.9. The molecule has 0 fully saturated rings. The molecule has 2 heterocycles. The van der Waals surface area contributed by atoms with Gasteiger partial charge in [0.25, 0.3) is 0 Å². The number of nitrogens with zero attached hydrogens (tertiary/aromatic N) is 3. The zero-order valence-corrected chi connectivity index (χ0v) is 19.9. The summed E-state index contributed by atoms with van der Waals surface area (Å²) in [4.78, 5) is 23.3. The average Bonchev–Trinajstić information content (AvgIpc) is 2.77. The Morgan fingerprint density at radius 1 is 1.31 bits per heavy atom. The number of rotatable bonds is 5. The molecule has 0 saturated carbocycles. The van der Waals surface area contributed by atoms with E-state index in [1.54, 1.807) is 0 Å². The minimum atomic E-state index is -3.97. The number of terminal acetylenes is 1. The van der Waals surface area contributed by atoms with Crippen molar-refractivity contribution in [3.8, 4) is 18.2 Å². The number of carboxylic acid groups (broad SMARTS) is 1. The van der Waals surface area contributed by atoms with Crippen LogP contribution in [-0.4, -0.2) is 52.5 Å². The van der Waals surface area contributed by atoms with Crippen LogP contribution in [0.1, 0.15) is 37.6 Å². The van der Waals surface area contributed by atoms with E-state index in [4.69, 9.17) is 16.3 Å². The third-order valence-corrected chi connectivity index (χ3v) is 8.13. The highest BCUT2D eigenvalue weighted by molar-refractivity contribution is 7.93. The summed E-state index contributed by atoms with van der Waals surface area (Å²) in [6, 6.07) is 3.60. The molecule has 9 nitrogen and oxygen atoms in total. The van der Waals surface area contributed by atoms with Gasteiger partial charge in [0.2, 0.25) is 5.88 Å². The van der Waals surface area contributed by atoms with Crippen molar-refractivity contribution >= 4 is 33.7 Å². The Labute approximate surface area is 200 Å². The predicted octanol–water partition coefficient (Wildman–Crippen LogP) is 3.18. The second-order valence-corrected chi connectivity index (χ2v) is 10.9. The van der Waals surface area contributed by atoms with Gasteiger partial charge >= 0.3 is 6.09 Å². The second kappa shape index (κ2) is 9.42. The van der Waals surface area contributed by atoms with E-state index in [1.807, 2.05) is 5.32 Å². The summed E-state index contributed by atoms with van der Waals surface area (Å²) in [5.74, 6) is -0.132. The standard InChI is InChI=1S/C23H22F2N4O5S/c1-5-8-34-19-12-26-18(11-27-19)17(25)10-14-6-7-16(24)15(9-14)23(4)13-35(32,33)22(2,3)20(29-23)28-21(30)31/h1,6-7,9-12H,8,13H2,2-4H3,(H,28,29)(H,30,31)/b17-10-. The third kappa shape index (κ3) is 5.30. The van der Waals surface area contributed by atoms with E-state index in [2.05, 4.69) is 20.9 Å². The van der Waals surface area contributed by atoms with Crippen LogP contribution in [0.15, 0.2) is 35.6 Å². The third-order valence-electron chi connectivity index (χ3n) is 5.44. The fourth-order valence-corrected chi connectivity index (χ4v) is 5.14. The highest BCUT2D eigenvalue weighted by Crippen LogP contribution is 2.38. The lowest BCUT2D eigenvalue weighted by Gasteiger charge is -2.39. The first-order chi connectivity index (χ1) is 16.3. The van der Waals surface area contributed by atoms with E-state index in [0.717, 1.165) is 18.3 Å². The molecule has 1 aromatic carbocycles. The Morgan fingerprint density at radius 3 is 2.63 bits per heavy atom. The highest BCUT2D eigenvalue weighted by atomic mass is 32.2. The highest BCUT2D eigenvalue weighted by Gasteiger charge is 2.50. The molecule has 0 radical (unpaired) electrons. The number of aromatic nitrogens is 2. The van der Waals surface area contributed by atoms with Crippen molar-refractivity contribution in [1.29, 1.82) is 0 Å². The number of amidine groups is 1. The molecule has 1 aromatic heterocycles. The van der Waals surface area contributed by atoms with Crippen LogP contribution in [0.25, 0.3) is 11.9 Å². The van der Waals surface area contributed by atoms with Gasteiger partial charge in [-0.2, -0.15) is 0 Å². The molecule has 3 rings (SSSR count). The summed E-state index contributed by atoms with van der Waals surface area (Å²) < 4.78 is 59.1. The van der Waals surface area contributed by atoms with Gasteiger partial charge in [0.15, 0.2) is 22.3 Å². The minimum absolute atomic E-state index is 0.0252.